The summed E-state index contributed by atoms with van der Waals surface area (Å²) < 4.78 is 13.4. The lowest BCUT2D eigenvalue weighted by atomic mass is 10.0. The summed E-state index contributed by atoms with van der Waals surface area (Å²) in [4.78, 5) is 77.1. The lowest BCUT2D eigenvalue weighted by molar-refractivity contribution is -0.384. The van der Waals surface area contributed by atoms with Crippen molar-refractivity contribution in [3.63, 3.8) is 0 Å². The lowest BCUT2D eigenvalue weighted by Crippen LogP contribution is -2.47. The number of imide groups is 1. The van der Waals surface area contributed by atoms with Crippen LogP contribution in [0, 0.1) is 10.1 Å². The maximum absolute atomic E-state index is 14.1. The molecule has 5 aromatic rings. The molecule has 2 amide bonds. The van der Waals surface area contributed by atoms with E-state index >= 15 is 0 Å². The van der Waals surface area contributed by atoms with Crippen LogP contribution < -0.4 is 25.6 Å². The van der Waals surface area contributed by atoms with Crippen molar-refractivity contribution in [1.29, 1.82) is 0 Å². The largest absolute Gasteiger partial charge is 0.493 e. The molecular formula is C33H29N7O8. The first-order valence-corrected chi connectivity index (χ1v) is 15.2. The second kappa shape index (κ2) is 11.9. The van der Waals surface area contributed by atoms with Crippen molar-refractivity contribution in [2.45, 2.75) is 25.4 Å². The molecule has 2 aliphatic rings. The Hall–Kier alpha value is -6.12. The molecular weight excluding hydrogens is 622 g/mol. The van der Waals surface area contributed by atoms with Crippen LogP contribution >= 0.6 is 0 Å². The summed E-state index contributed by atoms with van der Waals surface area (Å²) in [5, 5.41) is 12.4. The maximum Gasteiger partial charge on any atom is 0.331 e. The molecule has 3 aromatic carbocycles. The third-order valence-electron chi connectivity index (χ3n) is 9.04. The molecule has 0 saturated carbocycles. The number of ether oxygens (including phenoxy) is 2. The molecule has 2 aromatic heterocycles. The normalized spacial score (nSPS) is 15.0. The fourth-order valence-corrected chi connectivity index (χ4v) is 6.63. The second-order valence-corrected chi connectivity index (χ2v) is 11.5. The summed E-state index contributed by atoms with van der Waals surface area (Å²) in [6.45, 7) is 0.637. The van der Waals surface area contributed by atoms with Crippen LogP contribution in [0.25, 0.3) is 21.8 Å². The number of hydrogen-bond donors (Lipinski definition) is 0. The zero-order valence-corrected chi connectivity index (χ0v) is 26.0. The molecule has 2 aliphatic heterocycles. The maximum atomic E-state index is 14.1. The Morgan fingerprint density at radius 1 is 0.854 bits per heavy atom. The number of rotatable bonds is 8. The summed E-state index contributed by atoms with van der Waals surface area (Å²) in [5.41, 5.74) is -0.165. The molecule has 15 heteroatoms. The third kappa shape index (κ3) is 4.90. The van der Waals surface area contributed by atoms with Crippen molar-refractivity contribution in [1.82, 2.24) is 24.0 Å². The number of amides is 2. The van der Waals surface area contributed by atoms with E-state index in [1.807, 2.05) is 11.0 Å². The zero-order chi connectivity index (χ0) is 33.7. The van der Waals surface area contributed by atoms with E-state index in [2.05, 4.69) is 9.97 Å². The van der Waals surface area contributed by atoms with Gasteiger partial charge in [0.05, 0.1) is 46.7 Å². The van der Waals surface area contributed by atoms with Crippen molar-refractivity contribution in [3.8, 4) is 11.5 Å². The van der Waals surface area contributed by atoms with Crippen LogP contribution in [0.3, 0.4) is 0 Å². The highest BCUT2D eigenvalue weighted by Gasteiger charge is 2.35. The quantitative estimate of drug-likeness (QED) is 0.137. The van der Waals surface area contributed by atoms with E-state index in [0.717, 1.165) is 20.9 Å². The van der Waals surface area contributed by atoms with Crippen LogP contribution in [-0.4, -0.2) is 74.6 Å². The number of anilines is 1. The first-order valence-electron chi connectivity index (χ1n) is 15.2. The number of aromatic nitrogens is 4. The number of benzene rings is 3. The van der Waals surface area contributed by atoms with E-state index in [1.165, 1.54) is 23.0 Å². The first kappa shape index (κ1) is 30.5. The molecule has 1 fully saturated rings. The highest BCUT2D eigenvalue weighted by molar-refractivity contribution is 6.21. The molecule has 244 valence electrons. The first-order chi connectivity index (χ1) is 23.2. The van der Waals surface area contributed by atoms with Gasteiger partial charge >= 0.3 is 5.69 Å². The summed E-state index contributed by atoms with van der Waals surface area (Å²) in [6, 6.07) is 13.3. The number of non-ortho nitro benzene ring substituents is 1. The van der Waals surface area contributed by atoms with Crippen LogP contribution in [0.5, 0.6) is 11.5 Å². The van der Waals surface area contributed by atoms with Gasteiger partial charge in [-0.1, -0.05) is 12.1 Å². The Labute approximate surface area is 271 Å². The average Bonchev–Trinajstić information content (AvgIpc) is 3.35. The number of piperidine rings is 1. The number of nitro benzene ring substituents is 1. The Kier molecular flexibility index (Phi) is 7.58. The number of nitrogens with zero attached hydrogens (tertiary/aromatic N) is 7. The number of fused-ring (bicyclic) bond motifs is 3. The Bertz CT molecular complexity index is 2240. The van der Waals surface area contributed by atoms with Crippen LogP contribution in [0.15, 0.2) is 70.5 Å². The summed E-state index contributed by atoms with van der Waals surface area (Å²) in [6.07, 6.45) is 2.25. The molecule has 0 unspecified atom stereocenters. The predicted molar refractivity (Wildman–Crippen MR) is 174 cm³/mol. The monoisotopic (exact) mass is 651 g/mol. The van der Waals surface area contributed by atoms with Gasteiger partial charge in [0.15, 0.2) is 11.5 Å². The fourth-order valence-electron chi connectivity index (χ4n) is 6.63. The minimum absolute atomic E-state index is 0.00331. The number of carbonyl (C=O) groups excluding carboxylic acids is 2. The van der Waals surface area contributed by atoms with Crippen LogP contribution in [-0.2, 0) is 6.54 Å². The topological polar surface area (TPSA) is 172 Å². The zero-order valence-electron chi connectivity index (χ0n) is 26.0. The smallest absolute Gasteiger partial charge is 0.331 e. The molecule has 0 N–H and O–H groups in total. The third-order valence-corrected chi connectivity index (χ3v) is 9.04. The van der Waals surface area contributed by atoms with Gasteiger partial charge in [0, 0.05) is 55.8 Å². The van der Waals surface area contributed by atoms with Crippen molar-refractivity contribution >= 4 is 45.1 Å². The molecule has 0 atom stereocenters. The average molecular weight is 652 g/mol. The predicted octanol–water partition coefficient (Wildman–Crippen LogP) is 3.17. The highest BCUT2D eigenvalue weighted by atomic mass is 16.6. The van der Waals surface area contributed by atoms with Gasteiger partial charge in [0.25, 0.3) is 23.1 Å². The van der Waals surface area contributed by atoms with Gasteiger partial charge < -0.3 is 14.4 Å². The molecule has 0 spiro atoms. The molecule has 48 heavy (non-hydrogen) atoms. The van der Waals surface area contributed by atoms with Gasteiger partial charge in [0.2, 0.25) is 0 Å². The summed E-state index contributed by atoms with van der Waals surface area (Å²) in [5.74, 6) is 0.771. The van der Waals surface area contributed by atoms with Crippen LogP contribution in [0.2, 0.25) is 0 Å². The minimum atomic E-state index is -0.640. The number of nitro groups is 1. The lowest BCUT2D eigenvalue weighted by Gasteiger charge is -2.34. The van der Waals surface area contributed by atoms with Crippen molar-refractivity contribution in [2.24, 2.45) is 0 Å². The summed E-state index contributed by atoms with van der Waals surface area (Å²) >= 11 is 0. The number of methoxy groups -OCH3 is 2. The molecule has 1 saturated heterocycles. The molecule has 0 bridgehead atoms. The van der Waals surface area contributed by atoms with E-state index in [-0.39, 0.29) is 40.8 Å². The van der Waals surface area contributed by atoms with Gasteiger partial charge in [-0.05, 0) is 37.1 Å². The summed E-state index contributed by atoms with van der Waals surface area (Å²) in [7, 11) is 3.09. The second-order valence-electron chi connectivity index (χ2n) is 11.5. The Morgan fingerprint density at radius 3 is 2.17 bits per heavy atom. The van der Waals surface area contributed by atoms with Crippen LogP contribution in [0.4, 0.5) is 11.5 Å². The van der Waals surface area contributed by atoms with Gasteiger partial charge in [-0.25, -0.2) is 14.8 Å². The van der Waals surface area contributed by atoms with Gasteiger partial charge in [-0.15, -0.1) is 0 Å². The fraction of sp³-hybridized carbons (Fsp3) is 0.273. The van der Waals surface area contributed by atoms with E-state index in [4.69, 9.17) is 9.47 Å². The number of carbonyl (C=O) groups is 2. The molecule has 15 nitrogen and oxygen atoms in total. The van der Waals surface area contributed by atoms with E-state index in [9.17, 15) is 29.3 Å². The van der Waals surface area contributed by atoms with Crippen molar-refractivity contribution < 1.29 is 24.0 Å². The highest BCUT2D eigenvalue weighted by Crippen LogP contribution is 2.36. The van der Waals surface area contributed by atoms with Crippen molar-refractivity contribution in [2.75, 3.05) is 38.8 Å². The minimum Gasteiger partial charge on any atom is -0.493 e. The van der Waals surface area contributed by atoms with Crippen LogP contribution in [0.1, 0.15) is 39.6 Å². The molecule has 0 aliphatic carbocycles. The molecule has 4 heterocycles. The van der Waals surface area contributed by atoms with Gasteiger partial charge in [-0.3, -0.25) is 38.5 Å². The van der Waals surface area contributed by atoms with Gasteiger partial charge in [0.1, 0.15) is 12.1 Å². The van der Waals surface area contributed by atoms with E-state index in [1.54, 1.807) is 44.6 Å². The van der Waals surface area contributed by atoms with E-state index < -0.39 is 34.0 Å². The SMILES string of the molecule is COc1cc2ncnc(N3CCC(n4c(=O)c5cc([N+](=O)[O-])ccc5n(CCN5C(=O)c6ccccc6C5=O)c4=O)CC3)c2cc1OC. The Balaban J connectivity index is 1.22. The van der Waals surface area contributed by atoms with E-state index in [0.29, 0.717) is 48.8 Å². The van der Waals surface area contributed by atoms with Crippen molar-refractivity contribution in [3.05, 3.63) is 103 Å². The number of hydrogen-bond acceptors (Lipinski definition) is 11. The molecule has 7 rings (SSSR count). The Morgan fingerprint density at radius 2 is 1.52 bits per heavy atom. The van der Waals surface area contributed by atoms with Gasteiger partial charge in [-0.2, -0.15) is 0 Å². The standard InChI is InChI=1S/C33H29N7O8/c1-47-27-16-23-25(17-28(27)48-2)34-18-35-29(23)36-11-9-19(10-12-36)39-32(43)24-15-20(40(45)46)7-8-26(24)37(33(39)44)13-14-38-30(41)21-5-3-4-6-22(21)31(38)42/h3-8,15-19H,9-14H2,1-2H3. The molecule has 0 radical (unpaired) electrons.